The third kappa shape index (κ3) is 7.44. The molecule has 1 atom stereocenters. The molecule has 0 spiro atoms. The fourth-order valence-corrected chi connectivity index (χ4v) is 2.55. The zero-order valence-corrected chi connectivity index (χ0v) is 17.1. The lowest BCUT2D eigenvalue weighted by Gasteiger charge is -2.30. The number of hydrogen-bond acceptors (Lipinski definition) is 5. The number of nitrogens with zero attached hydrogens (tertiary/aromatic N) is 2. The monoisotopic (exact) mass is 402 g/mol. The van der Waals surface area contributed by atoms with Crippen LogP contribution in [0.15, 0.2) is 53.7 Å². The van der Waals surface area contributed by atoms with E-state index in [1.54, 1.807) is 52.0 Å². The number of carbonyl (C=O) groups excluding carboxylic acids is 1. The van der Waals surface area contributed by atoms with Crippen LogP contribution >= 0.6 is 0 Å². The lowest BCUT2D eigenvalue weighted by atomic mass is 10.1. The van der Waals surface area contributed by atoms with Gasteiger partial charge < -0.3 is 14.7 Å². The van der Waals surface area contributed by atoms with Gasteiger partial charge in [-0.1, -0.05) is 29.4 Å². The fraction of sp³-hybridized carbons (Fsp3) is 0.364. The Bertz CT molecular complexity index is 831. The van der Waals surface area contributed by atoms with Crippen molar-refractivity contribution in [3.63, 3.8) is 0 Å². The standard InChI is InChI=1S/C22H27FN2O4/c1-16(13-24-27)25(21(26)29-22(2,3)4)14-17-8-10-20(11-9-17)28-15-18-6-5-7-19(23)12-18/h5-13,16,27H,14-15H2,1-4H3/t16-/m0/s1. The first kappa shape index (κ1) is 22.2. The molecule has 0 unspecified atom stereocenters. The first-order valence-corrected chi connectivity index (χ1v) is 9.31. The van der Waals surface area contributed by atoms with E-state index in [-0.39, 0.29) is 19.0 Å². The Morgan fingerprint density at radius 1 is 1.21 bits per heavy atom. The number of ether oxygens (including phenoxy) is 2. The number of amides is 1. The Kier molecular flexibility index (Phi) is 7.59. The number of oxime groups is 1. The van der Waals surface area contributed by atoms with Crippen molar-refractivity contribution in [1.82, 2.24) is 4.90 Å². The summed E-state index contributed by atoms with van der Waals surface area (Å²) in [5, 5.41) is 11.9. The number of hydrogen-bond donors (Lipinski definition) is 1. The van der Waals surface area contributed by atoms with E-state index in [0.717, 1.165) is 11.1 Å². The summed E-state index contributed by atoms with van der Waals surface area (Å²) < 4.78 is 24.4. The van der Waals surface area contributed by atoms with Gasteiger partial charge in [-0.05, 0) is 63.1 Å². The first-order valence-electron chi connectivity index (χ1n) is 9.31. The van der Waals surface area contributed by atoms with Gasteiger partial charge >= 0.3 is 6.09 Å². The Labute approximate surface area is 170 Å². The predicted octanol–water partition coefficient (Wildman–Crippen LogP) is 4.99. The maximum atomic E-state index is 13.2. The third-order valence-electron chi connectivity index (χ3n) is 3.97. The smallest absolute Gasteiger partial charge is 0.411 e. The van der Waals surface area contributed by atoms with Gasteiger partial charge in [0, 0.05) is 6.54 Å². The summed E-state index contributed by atoms with van der Waals surface area (Å²) in [4.78, 5) is 14.0. The fourth-order valence-electron chi connectivity index (χ4n) is 2.55. The molecule has 0 aliphatic rings. The average Bonchev–Trinajstić information content (AvgIpc) is 2.64. The Morgan fingerprint density at radius 3 is 2.48 bits per heavy atom. The molecular formula is C22H27FN2O4. The largest absolute Gasteiger partial charge is 0.489 e. The van der Waals surface area contributed by atoms with Crippen LogP contribution in [0.4, 0.5) is 9.18 Å². The van der Waals surface area contributed by atoms with Crippen molar-refractivity contribution in [3.05, 3.63) is 65.5 Å². The van der Waals surface area contributed by atoms with E-state index in [0.29, 0.717) is 5.75 Å². The molecule has 0 aliphatic carbocycles. The summed E-state index contributed by atoms with van der Waals surface area (Å²) in [7, 11) is 0. The van der Waals surface area contributed by atoms with Crippen molar-refractivity contribution in [2.75, 3.05) is 0 Å². The van der Waals surface area contributed by atoms with Crippen LogP contribution in [0.3, 0.4) is 0 Å². The molecule has 0 fully saturated rings. The first-order chi connectivity index (χ1) is 13.7. The Morgan fingerprint density at radius 2 is 1.90 bits per heavy atom. The molecular weight excluding hydrogens is 375 g/mol. The zero-order valence-electron chi connectivity index (χ0n) is 17.1. The van der Waals surface area contributed by atoms with Gasteiger partial charge in [0.15, 0.2) is 0 Å². The van der Waals surface area contributed by atoms with Crippen molar-refractivity contribution >= 4 is 12.3 Å². The molecule has 1 N–H and O–H groups in total. The minimum atomic E-state index is -0.639. The van der Waals surface area contributed by atoms with Gasteiger partial charge in [-0.15, -0.1) is 0 Å². The molecule has 0 radical (unpaired) electrons. The van der Waals surface area contributed by atoms with E-state index < -0.39 is 17.7 Å². The maximum absolute atomic E-state index is 13.2. The second-order valence-electron chi connectivity index (χ2n) is 7.68. The molecule has 6 nitrogen and oxygen atoms in total. The van der Waals surface area contributed by atoms with Gasteiger partial charge in [0.05, 0.1) is 12.3 Å². The number of benzene rings is 2. The van der Waals surface area contributed by atoms with Crippen LogP contribution in [0.25, 0.3) is 0 Å². The Balaban J connectivity index is 2.04. The molecule has 29 heavy (non-hydrogen) atoms. The summed E-state index contributed by atoms with van der Waals surface area (Å²) in [6.07, 6.45) is 0.761. The minimum Gasteiger partial charge on any atom is -0.489 e. The predicted molar refractivity (Wildman–Crippen MR) is 109 cm³/mol. The maximum Gasteiger partial charge on any atom is 0.411 e. The van der Waals surface area contributed by atoms with E-state index >= 15 is 0 Å². The highest BCUT2D eigenvalue weighted by atomic mass is 19.1. The van der Waals surface area contributed by atoms with Crippen LogP contribution in [0.5, 0.6) is 5.75 Å². The second kappa shape index (κ2) is 9.91. The van der Waals surface area contributed by atoms with Crippen molar-refractivity contribution in [2.24, 2.45) is 5.16 Å². The van der Waals surface area contributed by atoms with Crippen molar-refractivity contribution in [1.29, 1.82) is 0 Å². The van der Waals surface area contributed by atoms with Crippen molar-refractivity contribution in [3.8, 4) is 5.75 Å². The van der Waals surface area contributed by atoms with Gasteiger partial charge in [-0.2, -0.15) is 0 Å². The lowest BCUT2D eigenvalue weighted by molar-refractivity contribution is 0.0208. The van der Waals surface area contributed by atoms with Crippen LogP contribution in [0.2, 0.25) is 0 Å². The highest BCUT2D eigenvalue weighted by molar-refractivity contribution is 5.75. The highest BCUT2D eigenvalue weighted by Gasteiger charge is 2.25. The quantitative estimate of drug-likeness (QED) is 0.402. The van der Waals surface area contributed by atoms with E-state index in [1.165, 1.54) is 23.2 Å². The normalized spacial score (nSPS) is 12.6. The van der Waals surface area contributed by atoms with Crippen molar-refractivity contribution < 1.29 is 23.9 Å². The number of rotatable bonds is 7. The van der Waals surface area contributed by atoms with Gasteiger partial charge in [0.1, 0.15) is 23.8 Å². The second-order valence-corrected chi connectivity index (χ2v) is 7.68. The molecule has 0 bridgehead atoms. The van der Waals surface area contributed by atoms with Crippen LogP contribution in [0, 0.1) is 5.82 Å². The summed E-state index contributed by atoms with van der Waals surface area (Å²) >= 11 is 0. The van der Waals surface area contributed by atoms with E-state index in [9.17, 15) is 9.18 Å². The zero-order chi connectivity index (χ0) is 21.4. The van der Waals surface area contributed by atoms with Crippen LogP contribution in [-0.4, -0.2) is 34.1 Å². The van der Waals surface area contributed by atoms with E-state index in [2.05, 4.69) is 5.16 Å². The van der Waals surface area contributed by atoms with Gasteiger partial charge in [0.25, 0.3) is 0 Å². The molecule has 0 heterocycles. The van der Waals surface area contributed by atoms with Gasteiger partial charge in [-0.25, -0.2) is 9.18 Å². The molecule has 1 amide bonds. The topological polar surface area (TPSA) is 71.4 Å². The van der Waals surface area contributed by atoms with Crippen LogP contribution in [0.1, 0.15) is 38.8 Å². The minimum absolute atomic E-state index is 0.255. The van der Waals surface area contributed by atoms with E-state index in [1.807, 2.05) is 12.1 Å². The molecule has 2 aromatic rings. The number of halogens is 1. The molecule has 0 saturated carbocycles. The lowest BCUT2D eigenvalue weighted by Crippen LogP contribution is -2.42. The summed E-state index contributed by atoms with van der Waals surface area (Å²) in [6.45, 7) is 7.63. The summed E-state index contributed by atoms with van der Waals surface area (Å²) in [6, 6.07) is 13.0. The molecule has 0 aliphatic heterocycles. The van der Waals surface area contributed by atoms with Crippen LogP contribution in [-0.2, 0) is 17.9 Å². The molecule has 2 aromatic carbocycles. The van der Waals surface area contributed by atoms with Crippen molar-refractivity contribution in [2.45, 2.75) is 52.5 Å². The molecule has 156 valence electrons. The van der Waals surface area contributed by atoms with Gasteiger partial charge in [-0.3, -0.25) is 4.90 Å². The Hall–Kier alpha value is -3.09. The molecule has 7 heteroatoms. The summed E-state index contributed by atoms with van der Waals surface area (Å²) in [5.74, 6) is 0.330. The SMILES string of the molecule is C[C@@H](C=NO)N(Cc1ccc(OCc2cccc(F)c2)cc1)C(=O)OC(C)(C)C. The molecule has 2 rings (SSSR count). The van der Waals surface area contributed by atoms with E-state index in [4.69, 9.17) is 14.7 Å². The highest BCUT2D eigenvalue weighted by Crippen LogP contribution is 2.18. The molecule has 0 saturated heterocycles. The van der Waals surface area contributed by atoms with Gasteiger partial charge in [0.2, 0.25) is 0 Å². The van der Waals surface area contributed by atoms with Crippen LogP contribution < -0.4 is 4.74 Å². The average molecular weight is 402 g/mol. The number of carbonyl (C=O) groups is 1. The molecule has 0 aromatic heterocycles. The summed E-state index contributed by atoms with van der Waals surface area (Å²) in [5.41, 5.74) is 0.953. The third-order valence-corrected chi connectivity index (χ3v) is 3.97.